The molecule has 22 heavy (non-hydrogen) atoms. The molecule has 1 saturated carbocycles. The van der Waals surface area contributed by atoms with E-state index in [1.54, 1.807) is 17.7 Å². The van der Waals surface area contributed by atoms with E-state index in [1.165, 1.54) is 17.2 Å². The molecule has 6 heteroatoms. The lowest BCUT2D eigenvalue weighted by atomic mass is 9.78. The van der Waals surface area contributed by atoms with Crippen molar-refractivity contribution in [2.24, 2.45) is 16.3 Å². The van der Waals surface area contributed by atoms with E-state index < -0.39 is 0 Å². The van der Waals surface area contributed by atoms with Crippen LogP contribution in [0.1, 0.15) is 33.6 Å². The van der Waals surface area contributed by atoms with Gasteiger partial charge in [-0.1, -0.05) is 13.8 Å². The Kier molecular flexibility index (Phi) is 2.73. The predicted octanol–water partition coefficient (Wildman–Crippen LogP) is 1.43. The van der Waals surface area contributed by atoms with E-state index in [9.17, 15) is 0 Å². The first-order valence-electron chi connectivity index (χ1n) is 7.70. The molecule has 0 bridgehead atoms. The van der Waals surface area contributed by atoms with Crippen LogP contribution in [-0.2, 0) is 0 Å². The molecule has 3 N–H and O–H groups in total. The smallest absolute Gasteiger partial charge is 0.144 e. The quantitative estimate of drug-likeness (QED) is 0.835. The van der Waals surface area contributed by atoms with E-state index in [0.717, 1.165) is 21.3 Å². The third kappa shape index (κ3) is 1.65. The minimum atomic E-state index is -0.251. The molecule has 1 fully saturated rings. The van der Waals surface area contributed by atoms with E-state index in [2.05, 4.69) is 36.1 Å². The van der Waals surface area contributed by atoms with Gasteiger partial charge in [0.05, 0.1) is 10.2 Å². The van der Waals surface area contributed by atoms with E-state index in [0.29, 0.717) is 11.7 Å². The zero-order chi connectivity index (χ0) is 15.7. The fourth-order valence-corrected chi connectivity index (χ4v) is 5.23. The molecule has 0 spiro atoms. The molecule has 0 amide bonds. The number of nitrogens with zero attached hydrogens (tertiary/aromatic N) is 3. The van der Waals surface area contributed by atoms with Gasteiger partial charge in [-0.2, -0.15) is 0 Å². The maximum absolute atomic E-state index is 6.07. The lowest BCUT2D eigenvalue weighted by molar-refractivity contribution is 0.298. The molecular formula is C16H21N5S. The van der Waals surface area contributed by atoms with Crippen molar-refractivity contribution in [2.75, 3.05) is 12.8 Å². The maximum Gasteiger partial charge on any atom is 0.144 e. The van der Waals surface area contributed by atoms with Gasteiger partial charge in [0.2, 0.25) is 0 Å². The Labute approximate surface area is 133 Å². The largest absolute Gasteiger partial charge is 0.382 e. The molecule has 2 atom stereocenters. The maximum atomic E-state index is 6.07. The topological polar surface area (TPSA) is 76.2 Å². The number of hydrogen-bond donors (Lipinski definition) is 2. The lowest BCUT2D eigenvalue weighted by Gasteiger charge is -2.36. The van der Waals surface area contributed by atoms with Gasteiger partial charge in [0.1, 0.15) is 22.5 Å². The van der Waals surface area contributed by atoms with Crippen LogP contribution in [0.5, 0.6) is 0 Å². The van der Waals surface area contributed by atoms with Crippen molar-refractivity contribution in [3.8, 4) is 0 Å². The third-order valence-corrected chi connectivity index (χ3v) is 6.50. The molecule has 0 radical (unpaired) electrons. The Bertz CT molecular complexity index is 897. The summed E-state index contributed by atoms with van der Waals surface area (Å²) in [4.78, 5) is 13.7. The summed E-state index contributed by atoms with van der Waals surface area (Å²) in [5.41, 5.74) is 8.44. The van der Waals surface area contributed by atoms with E-state index >= 15 is 0 Å². The van der Waals surface area contributed by atoms with E-state index in [-0.39, 0.29) is 11.1 Å². The van der Waals surface area contributed by atoms with Crippen LogP contribution in [0.4, 0.5) is 5.82 Å². The van der Waals surface area contributed by atoms with Gasteiger partial charge in [0, 0.05) is 11.1 Å². The third-order valence-electron chi connectivity index (χ3n) is 5.40. The monoisotopic (exact) mass is 315 g/mol. The number of nitrogens with two attached hydrogens (primary N) is 1. The number of rotatable bonds is 1. The van der Waals surface area contributed by atoms with Crippen LogP contribution >= 0.6 is 11.3 Å². The number of anilines is 1. The van der Waals surface area contributed by atoms with Crippen LogP contribution in [0.2, 0.25) is 0 Å². The summed E-state index contributed by atoms with van der Waals surface area (Å²) < 4.78 is 2.01. The Morgan fingerprint density at radius 3 is 2.82 bits per heavy atom. The van der Waals surface area contributed by atoms with Crippen molar-refractivity contribution >= 4 is 32.9 Å². The van der Waals surface area contributed by atoms with Crippen LogP contribution in [0, 0.1) is 11.3 Å². The number of nitrogen functional groups attached to an aromatic ring is 1. The van der Waals surface area contributed by atoms with E-state index in [1.807, 2.05) is 7.05 Å². The van der Waals surface area contributed by atoms with Crippen molar-refractivity contribution in [3.05, 3.63) is 16.2 Å². The first-order chi connectivity index (χ1) is 10.4. The average molecular weight is 315 g/mol. The molecule has 3 heterocycles. The number of aromatic nitrogens is 2. The van der Waals surface area contributed by atoms with Gasteiger partial charge in [-0.25, -0.2) is 9.97 Å². The lowest BCUT2D eigenvalue weighted by Crippen LogP contribution is -2.52. The van der Waals surface area contributed by atoms with Crippen molar-refractivity contribution in [1.29, 1.82) is 0 Å². The highest BCUT2D eigenvalue weighted by atomic mass is 32.1. The van der Waals surface area contributed by atoms with Crippen LogP contribution < -0.4 is 20.9 Å². The van der Waals surface area contributed by atoms with Crippen molar-refractivity contribution in [3.63, 3.8) is 0 Å². The van der Waals surface area contributed by atoms with Crippen molar-refractivity contribution in [1.82, 2.24) is 15.3 Å². The van der Waals surface area contributed by atoms with Gasteiger partial charge in [-0.15, -0.1) is 11.3 Å². The van der Waals surface area contributed by atoms with Gasteiger partial charge < -0.3 is 5.73 Å². The molecule has 2 unspecified atom stereocenters. The van der Waals surface area contributed by atoms with Gasteiger partial charge in [0.15, 0.2) is 0 Å². The normalized spacial score (nSPS) is 29.3. The number of thiophene rings is 1. The second-order valence-electron chi connectivity index (χ2n) is 7.12. The molecule has 0 aromatic carbocycles. The standard InChI is InChI=1S/C16H21N5S/c1-15(2)6-5-8-10(15)9-11-12(13(17)20-7-19-11)22-14(9)21-16(8,3)18-4/h7-8,18H,5-6H2,1-4H3,(H2,17,19,20). The Hall–Kier alpha value is -1.53. The van der Waals surface area contributed by atoms with Crippen LogP contribution in [0.25, 0.3) is 15.8 Å². The second kappa shape index (κ2) is 4.26. The van der Waals surface area contributed by atoms with Gasteiger partial charge in [-0.05, 0) is 37.8 Å². The molecule has 1 aliphatic heterocycles. The van der Waals surface area contributed by atoms with E-state index in [4.69, 9.17) is 10.7 Å². The van der Waals surface area contributed by atoms with Gasteiger partial charge >= 0.3 is 0 Å². The summed E-state index contributed by atoms with van der Waals surface area (Å²) in [7, 11) is 2.00. The van der Waals surface area contributed by atoms with Crippen LogP contribution in [-0.4, -0.2) is 22.7 Å². The Morgan fingerprint density at radius 2 is 2.09 bits per heavy atom. The Balaban J connectivity index is 2.24. The summed E-state index contributed by atoms with van der Waals surface area (Å²) in [6.07, 6.45) is 3.89. The molecule has 2 aliphatic rings. The fraction of sp³-hybridized carbons (Fsp3) is 0.562. The van der Waals surface area contributed by atoms with Crippen molar-refractivity contribution in [2.45, 2.75) is 39.3 Å². The van der Waals surface area contributed by atoms with Gasteiger partial charge in [-0.3, -0.25) is 10.3 Å². The van der Waals surface area contributed by atoms with Crippen LogP contribution in [0.15, 0.2) is 11.3 Å². The average Bonchev–Trinajstić information content (AvgIpc) is 2.98. The molecular weight excluding hydrogens is 294 g/mol. The molecule has 116 valence electrons. The molecule has 5 nitrogen and oxygen atoms in total. The molecule has 2 aromatic rings. The van der Waals surface area contributed by atoms with Gasteiger partial charge in [0.25, 0.3) is 0 Å². The highest BCUT2D eigenvalue weighted by Gasteiger charge is 2.48. The summed E-state index contributed by atoms with van der Waals surface area (Å²) in [6, 6.07) is 0. The van der Waals surface area contributed by atoms with Crippen LogP contribution in [0.3, 0.4) is 0 Å². The number of nitrogens with one attached hydrogen (secondary N) is 1. The molecule has 4 rings (SSSR count). The zero-order valence-corrected chi connectivity index (χ0v) is 14.2. The first kappa shape index (κ1) is 14.1. The highest BCUT2D eigenvalue weighted by molar-refractivity contribution is 7.17. The molecule has 1 aliphatic carbocycles. The summed E-state index contributed by atoms with van der Waals surface area (Å²) in [5.74, 6) is 0.965. The summed E-state index contributed by atoms with van der Waals surface area (Å²) >= 11 is 1.62. The first-order valence-corrected chi connectivity index (χ1v) is 8.51. The van der Waals surface area contributed by atoms with Crippen molar-refractivity contribution < 1.29 is 0 Å². The second-order valence-corrected chi connectivity index (χ2v) is 8.12. The fourth-order valence-electron chi connectivity index (χ4n) is 4.09. The molecule has 0 saturated heterocycles. The summed E-state index contributed by atoms with van der Waals surface area (Å²) in [6.45, 7) is 6.87. The zero-order valence-electron chi connectivity index (χ0n) is 13.4. The number of hydrogen-bond acceptors (Lipinski definition) is 6. The SMILES string of the molecule is CNC1(C)N=c2sc3c(N)ncnc3c2=C2C1CCC2(C)C. The minimum absolute atomic E-state index is 0.168. The number of fused-ring (bicyclic) bond motifs is 4. The highest BCUT2D eigenvalue weighted by Crippen LogP contribution is 2.51. The minimum Gasteiger partial charge on any atom is -0.382 e. The Morgan fingerprint density at radius 1 is 1.32 bits per heavy atom. The predicted molar refractivity (Wildman–Crippen MR) is 90.0 cm³/mol. The molecule has 2 aromatic heterocycles. The summed E-state index contributed by atoms with van der Waals surface area (Å²) in [5, 5.41) is 4.66.